The third-order valence-corrected chi connectivity index (χ3v) is 5.44. The van der Waals surface area contributed by atoms with E-state index in [1.807, 2.05) is 24.3 Å². The minimum Gasteiger partial charge on any atom is -0.349 e. The minimum atomic E-state index is -0.00738. The maximum atomic E-state index is 12.6. The number of hydrogen-bond acceptors (Lipinski definition) is 5. The van der Waals surface area contributed by atoms with Gasteiger partial charge in [0.15, 0.2) is 0 Å². The van der Waals surface area contributed by atoms with Crippen LogP contribution in [0.1, 0.15) is 42.5 Å². The summed E-state index contributed by atoms with van der Waals surface area (Å²) in [7, 11) is 0. The van der Waals surface area contributed by atoms with E-state index in [0.29, 0.717) is 29.3 Å². The molecule has 1 amide bonds. The van der Waals surface area contributed by atoms with Gasteiger partial charge in [-0.05, 0) is 49.7 Å². The van der Waals surface area contributed by atoms with E-state index < -0.39 is 0 Å². The van der Waals surface area contributed by atoms with Crippen LogP contribution in [0.5, 0.6) is 0 Å². The summed E-state index contributed by atoms with van der Waals surface area (Å²) in [5.41, 5.74) is 7.66. The highest BCUT2D eigenvalue weighted by molar-refractivity contribution is 5.94. The summed E-state index contributed by atoms with van der Waals surface area (Å²) in [5, 5.41) is 7.07. The number of amides is 1. The molecule has 1 heterocycles. The highest BCUT2D eigenvalue weighted by atomic mass is 35.5. The molecule has 2 saturated carbocycles. The van der Waals surface area contributed by atoms with Crippen molar-refractivity contribution in [3.05, 3.63) is 36.2 Å². The Bertz CT molecular complexity index is 690. The van der Waals surface area contributed by atoms with Crippen molar-refractivity contribution in [1.29, 1.82) is 0 Å². The predicted molar refractivity (Wildman–Crippen MR) is 96.3 cm³/mol. The number of nitrogens with two attached hydrogens (primary N) is 1. The van der Waals surface area contributed by atoms with E-state index in [0.717, 1.165) is 18.4 Å². The Kier molecular flexibility index (Phi) is 5.39. The van der Waals surface area contributed by atoms with E-state index in [1.54, 1.807) is 0 Å². The molecule has 0 radical (unpaired) electrons. The number of rotatable bonds is 3. The van der Waals surface area contributed by atoms with E-state index in [4.69, 9.17) is 10.3 Å². The molecule has 2 atom stereocenters. The first-order chi connectivity index (χ1) is 11.7. The largest absolute Gasteiger partial charge is 0.349 e. The van der Waals surface area contributed by atoms with Crippen LogP contribution in [-0.4, -0.2) is 28.1 Å². The molecule has 3 N–H and O–H groups in total. The van der Waals surface area contributed by atoms with E-state index in [-0.39, 0.29) is 24.4 Å². The van der Waals surface area contributed by atoms with Crippen LogP contribution in [0, 0.1) is 11.8 Å². The number of fused-ring (bicyclic) bond motifs is 2. The summed E-state index contributed by atoms with van der Waals surface area (Å²) in [6, 6.07) is 7.87. The summed E-state index contributed by atoms with van der Waals surface area (Å²) in [4.78, 5) is 16.6. The lowest BCUT2D eigenvalue weighted by atomic mass is 9.67. The maximum absolute atomic E-state index is 12.6. The molecule has 2 aliphatic carbocycles. The summed E-state index contributed by atoms with van der Waals surface area (Å²) in [5.74, 6) is 1.56. The normalized spacial score (nSPS) is 28.0. The van der Waals surface area contributed by atoms with Gasteiger partial charge in [-0.1, -0.05) is 23.7 Å². The van der Waals surface area contributed by atoms with Crippen molar-refractivity contribution in [2.45, 2.75) is 44.2 Å². The zero-order chi connectivity index (χ0) is 16.5. The van der Waals surface area contributed by atoms with Gasteiger partial charge in [0.05, 0.1) is 0 Å². The second-order valence-electron chi connectivity index (χ2n) is 7.01. The molecule has 4 rings (SSSR count). The van der Waals surface area contributed by atoms with Crippen LogP contribution in [0.25, 0.3) is 11.4 Å². The Balaban J connectivity index is 0.00000182. The van der Waals surface area contributed by atoms with Crippen LogP contribution in [-0.2, 0) is 0 Å². The van der Waals surface area contributed by atoms with Crippen LogP contribution in [0.15, 0.2) is 35.2 Å². The Labute approximate surface area is 153 Å². The van der Waals surface area contributed by atoms with E-state index in [2.05, 4.69) is 15.5 Å². The van der Waals surface area contributed by atoms with E-state index in [9.17, 15) is 4.79 Å². The molecule has 134 valence electrons. The van der Waals surface area contributed by atoms with Crippen molar-refractivity contribution < 1.29 is 9.32 Å². The SMILES string of the molecule is Cl.NC1CC2CCCC(C1)C2NC(=O)c1ccc(-c2ncon2)cc1. The number of hydrogen-bond donors (Lipinski definition) is 2. The zero-order valence-corrected chi connectivity index (χ0v) is 14.7. The molecule has 0 aliphatic heterocycles. The smallest absolute Gasteiger partial charge is 0.251 e. The molecule has 2 aromatic rings. The molecule has 2 bridgehead atoms. The summed E-state index contributed by atoms with van der Waals surface area (Å²) in [6.07, 6.45) is 6.95. The molecule has 25 heavy (non-hydrogen) atoms. The van der Waals surface area contributed by atoms with Gasteiger partial charge in [0.25, 0.3) is 5.91 Å². The second kappa shape index (κ2) is 7.54. The Morgan fingerprint density at radius 1 is 1.16 bits per heavy atom. The van der Waals surface area contributed by atoms with Crippen molar-refractivity contribution in [2.24, 2.45) is 17.6 Å². The van der Waals surface area contributed by atoms with Gasteiger partial charge in [-0.2, -0.15) is 4.98 Å². The van der Waals surface area contributed by atoms with Gasteiger partial charge >= 0.3 is 0 Å². The molecule has 7 heteroatoms. The summed E-state index contributed by atoms with van der Waals surface area (Å²) in [6.45, 7) is 0. The molecule has 1 aromatic heterocycles. The fourth-order valence-electron chi connectivity index (χ4n) is 4.33. The number of nitrogens with one attached hydrogen (secondary N) is 1. The van der Waals surface area contributed by atoms with Crippen molar-refractivity contribution in [3.63, 3.8) is 0 Å². The second-order valence-corrected chi connectivity index (χ2v) is 7.01. The molecule has 0 saturated heterocycles. The van der Waals surface area contributed by atoms with Gasteiger partial charge in [0.1, 0.15) is 0 Å². The first kappa shape index (κ1) is 17.9. The van der Waals surface area contributed by atoms with Gasteiger partial charge in [-0.3, -0.25) is 4.79 Å². The van der Waals surface area contributed by atoms with Crippen LogP contribution in [0.4, 0.5) is 0 Å². The number of benzene rings is 1. The molecule has 1 aromatic carbocycles. The Morgan fingerprint density at radius 3 is 2.44 bits per heavy atom. The van der Waals surface area contributed by atoms with Gasteiger partial charge in [0, 0.05) is 23.2 Å². The number of aromatic nitrogens is 2. The van der Waals surface area contributed by atoms with Crippen LogP contribution in [0.3, 0.4) is 0 Å². The Hall–Kier alpha value is -1.92. The number of carbonyl (C=O) groups excluding carboxylic acids is 1. The van der Waals surface area contributed by atoms with Crippen molar-refractivity contribution >= 4 is 18.3 Å². The lowest BCUT2D eigenvalue weighted by Crippen LogP contribution is -2.53. The predicted octanol–water partition coefficient (Wildman–Crippen LogP) is 2.79. The lowest BCUT2D eigenvalue weighted by Gasteiger charge is -2.45. The fraction of sp³-hybridized carbons (Fsp3) is 0.500. The monoisotopic (exact) mass is 362 g/mol. The molecular weight excluding hydrogens is 340 g/mol. The molecule has 2 fully saturated rings. The lowest BCUT2D eigenvalue weighted by molar-refractivity contribution is 0.0756. The van der Waals surface area contributed by atoms with E-state index >= 15 is 0 Å². The topological polar surface area (TPSA) is 94.0 Å². The molecule has 2 aliphatic rings. The van der Waals surface area contributed by atoms with Gasteiger partial charge < -0.3 is 15.6 Å². The third kappa shape index (κ3) is 3.70. The number of nitrogens with zero attached hydrogens (tertiary/aromatic N) is 2. The van der Waals surface area contributed by atoms with Crippen molar-refractivity contribution in [3.8, 4) is 11.4 Å². The number of halogens is 1. The highest BCUT2D eigenvalue weighted by Gasteiger charge is 2.39. The highest BCUT2D eigenvalue weighted by Crippen LogP contribution is 2.39. The van der Waals surface area contributed by atoms with Crippen LogP contribution in [0.2, 0.25) is 0 Å². The first-order valence-electron chi connectivity index (χ1n) is 8.64. The van der Waals surface area contributed by atoms with Crippen LogP contribution >= 0.6 is 12.4 Å². The van der Waals surface area contributed by atoms with E-state index in [1.165, 1.54) is 25.7 Å². The fourth-order valence-corrected chi connectivity index (χ4v) is 4.33. The quantitative estimate of drug-likeness (QED) is 0.875. The minimum absolute atomic E-state index is 0. The van der Waals surface area contributed by atoms with Crippen molar-refractivity contribution in [1.82, 2.24) is 15.5 Å². The first-order valence-corrected chi connectivity index (χ1v) is 8.64. The van der Waals surface area contributed by atoms with Gasteiger partial charge in [0.2, 0.25) is 12.2 Å². The molecule has 6 nitrogen and oxygen atoms in total. The maximum Gasteiger partial charge on any atom is 0.251 e. The zero-order valence-electron chi connectivity index (χ0n) is 13.9. The van der Waals surface area contributed by atoms with Gasteiger partial charge in [-0.15, -0.1) is 12.4 Å². The molecule has 2 unspecified atom stereocenters. The van der Waals surface area contributed by atoms with Crippen molar-refractivity contribution in [2.75, 3.05) is 0 Å². The standard InChI is InChI=1S/C18H22N4O2.ClH/c19-15-8-13-2-1-3-14(9-15)16(13)21-18(23)12-6-4-11(5-7-12)17-20-10-24-22-17;/h4-7,10,13-16H,1-3,8-9,19H2,(H,21,23);1H. The van der Waals surface area contributed by atoms with Gasteiger partial charge in [-0.25, -0.2) is 0 Å². The number of carbonyl (C=O) groups is 1. The third-order valence-electron chi connectivity index (χ3n) is 5.44. The molecular formula is C18H23ClN4O2. The van der Waals surface area contributed by atoms with Crippen LogP contribution < -0.4 is 11.1 Å². The average molecular weight is 363 g/mol. The average Bonchev–Trinajstić information content (AvgIpc) is 3.10. The summed E-state index contributed by atoms with van der Waals surface area (Å²) >= 11 is 0. The summed E-state index contributed by atoms with van der Waals surface area (Å²) < 4.78 is 4.75. The Morgan fingerprint density at radius 2 is 1.84 bits per heavy atom. The molecule has 0 spiro atoms.